The van der Waals surface area contributed by atoms with Crippen molar-refractivity contribution in [2.24, 2.45) is 5.41 Å². The lowest BCUT2D eigenvalue weighted by atomic mass is 9.85. The Morgan fingerprint density at radius 1 is 1.20 bits per heavy atom. The molecule has 1 saturated heterocycles. The second-order valence-electron chi connectivity index (χ2n) is 5.43. The fourth-order valence-corrected chi connectivity index (χ4v) is 2.34. The normalized spacial score (nSPS) is 24.8. The van der Waals surface area contributed by atoms with Gasteiger partial charge in [-0.25, -0.2) is 0 Å². The number of likely N-dealkylation sites (tertiary alicyclic amines) is 1. The predicted molar refractivity (Wildman–Crippen MR) is 54.7 cm³/mol. The van der Waals surface area contributed by atoms with Crippen LogP contribution in [0.25, 0.3) is 0 Å². The molecule has 0 aliphatic carbocycles. The molecule has 0 bridgehead atoms. The van der Waals surface area contributed by atoms with E-state index in [1.165, 1.54) is 0 Å². The van der Waals surface area contributed by atoms with Gasteiger partial charge in [-0.2, -0.15) is 13.2 Å². The Labute approximate surface area is 89.6 Å². The van der Waals surface area contributed by atoms with E-state index in [1.807, 2.05) is 4.90 Å². The van der Waals surface area contributed by atoms with E-state index in [1.54, 1.807) is 0 Å². The quantitative estimate of drug-likeness (QED) is 0.693. The van der Waals surface area contributed by atoms with Crippen molar-refractivity contribution < 1.29 is 13.2 Å². The zero-order chi connectivity index (χ0) is 11.7. The molecule has 1 fully saturated rings. The smallest absolute Gasteiger partial charge is 0.300 e. The summed E-state index contributed by atoms with van der Waals surface area (Å²) in [7, 11) is 0. The Balaban J connectivity index is 2.48. The number of hydrogen-bond donors (Lipinski definition) is 0. The van der Waals surface area contributed by atoms with Gasteiger partial charge in [0.25, 0.3) is 0 Å². The third-order valence-corrected chi connectivity index (χ3v) is 3.05. The molecule has 0 N–H and O–H groups in total. The van der Waals surface area contributed by atoms with Crippen molar-refractivity contribution in [3.63, 3.8) is 0 Å². The lowest BCUT2D eigenvalue weighted by Crippen LogP contribution is -2.40. The van der Waals surface area contributed by atoms with Crippen LogP contribution in [-0.4, -0.2) is 30.2 Å². The summed E-state index contributed by atoms with van der Waals surface area (Å²) < 4.78 is 36.3. The number of rotatable bonds is 2. The summed E-state index contributed by atoms with van der Waals surface area (Å²) >= 11 is 0. The first-order valence-corrected chi connectivity index (χ1v) is 5.51. The van der Waals surface area contributed by atoms with Gasteiger partial charge < -0.3 is 0 Å². The lowest BCUT2D eigenvalue weighted by molar-refractivity contribution is -0.139. The first kappa shape index (κ1) is 12.8. The highest BCUT2D eigenvalue weighted by molar-refractivity contribution is 4.88. The summed E-state index contributed by atoms with van der Waals surface area (Å²) in [6, 6.07) is 0.305. The summed E-state index contributed by atoms with van der Waals surface area (Å²) in [5.41, 5.74) is 0.0854. The minimum absolute atomic E-state index is 0.0854. The maximum atomic E-state index is 12.1. The van der Waals surface area contributed by atoms with Gasteiger partial charge >= 0.3 is 6.18 Å². The van der Waals surface area contributed by atoms with E-state index in [0.717, 1.165) is 19.4 Å². The average Bonchev–Trinajstić information content (AvgIpc) is 2.45. The molecule has 1 aliphatic heterocycles. The minimum Gasteiger partial charge on any atom is -0.300 e. The van der Waals surface area contributed by atoms with Crippen molar-refractivity contribution in [1.82, 2.24) is 4.90 Å². The molecule has 0 unspecified atom stereocenters. The van der Waals surface area contributed by atoms with Gasteiger partial charge in [-0.1, -0.05) is 20.8 Å². The van der Waals surface area contributed by atoms with Gasteiger partial charge in [0.1, 0.15) is 0 Å². The van der Waals surface area contributed by atoms with Crippen LogP contribution in [0.3, 0.4) is 0 Å². The number of nitrogens with zero attached hydrogens (tertiary/aromatic N) is 1. The molecule has 0 aromatic carbocycles. The highest BCUT2D eigenvalue weighted by atomic mass is 19.4. The van der Waals surface area contributed by atoms with Gasteiger partial charge in [-0.05, 0) is 24.8 Å². The molecule has 0 spiro atoms. The van der Waals surface area contributed by atoms with E-state index in [2.05, 4.69) is 20.8 Å². The number of halogens is 3. The van der Waals surface area contributed by atoms with E-state index in [-0.39, 0.29) is 12.0 Å². The first-order chi connectivity index (χ1) is 6.70. The van der Waals surface area contributed by atoms with E-state index in [9.17, 15) is 13.2 Å². The van der Waals surface area contributed by atoms with Crippen LogP contribution in [0.5, 0.6) is 0 Å². The van der Waals surface area contributed by atoms with Gasteiger partial charge in [-0.3, -0.25) is 4.90 Å². The van der Waals surface area contributed by atoms with Crippen LogP contribution in [0.15, 0.2) is 0 Å². The van der Waals surface area contributed by atoms with Gasteiger partial charge in [0.2, 0.25) is 0 Å². The van der Waals surface area contributed by atoms with Crippen LogP contribution < -0.4 is 0 Å². The van der Waals surface area contributed by atoms with E-state index in [0.29, 0.717) is 6.04 Å². The van der Waals surface area contributed by atoms with Gasteiger partial charge in [0, 0.05) is 12.6 Å². The van der Waals surface area contributed by atoms with E-state index < -0.39 is 12.6 Å². The van der Waals surface area contributed by atoms with Crippen molar-refractivity contribution in [1.29, 1.82) is 0 Å². The number of alkyl halides is 3. The summed E-state index contributed by atoms with van der Waals surface area (Å²) in [4.78, 5) is 1.99. The third kappa shape index (κ3) is 4.01. The third-order valence-electron chi connectivity index (χ3n) is 3.05. The largest absolute Gasteiger partial charge is 0.390 e. The highest BCUT2D eigenvalue weighted by Gasteiger charge is 2.36. The molecule has 1 heterocycles. The minimum atomic E-state index is -4.02. The second kappa shape index (κ2) is 4.32. The molecule has 15 heavy (non-hydrogen) atoms. The summed E-state index contributed by atoms with van der Waals surface area (Å²) in [5, 5.41) is 0. The predicted octanol–water partition coefficient (Wildman–Crippen LogP) is 3.45. The molecule has 0 aromatic heterocycles. The van der Waals surface area contributed by atoms with Crippen LogP contribution >= 0.6 is 0 Å². The summed E-state index contributed by atoms with van der Waals surface area (Å²) in [6.07, 6.45) is -2.65. The molecule has 90 valence electrons. The maximum absolute atomic E-state index is 12.1. The maximum Gasteiger partial charge on any atom is 0.390 e. The van der Waals surface area contributed by atoms with Crippen molar-refractivity contribution in [3.05, 3.63) is 0 Å². The first-order valence-electron chi connectivity index (χ1n) is 5.51. The average molecular weight is 223 g/mol. The van der Waals surface area contributed by atoms with E-state index in [4.69, 9.17) is 0 Å². The van der Waals surface area contributed by atoms with Crippen molar-refractivity contribution in [2.75, 3.05) is 13.1 Å². The Hall–Kier alpha value is -0.250. The summed E-state index contributed by atoms with van der Waals surface area (Å²) in [6.45, 7) is 7.28. The molecular formula is C11H20F3N. The van der Waals surface area contributed by atoms with E-state index >= 15 is 0 Å². The SMILES string of the molecule is CC(C)(C)[C@@H]1CCCN1CCC(F)(F)F. The Bertz CT molecular complexity index is 205. The van der Waals surface area contributed by atoms with Crippen LogP contribution in [0.2, 0.25) is 0 Å². The molecule has 1 nitrogen and oxygen atoms in total. The fraction of sp³-hybridized carbons (Fsp3) is 1.00. The molecule has 0 aromatic rings. The standard InChI is InChI=1S/C11H20F3N/c1-10(2,3)9-5-4-7-15(9)8-6-11(12,13)14/h9H,4-8H2,1-3H3/t9-/m0/s1. The zero-order valence-electron chi connectivity index (χ0n) is 9.69. The molecule has 4 heteroatoms. The number of hydrogen-bond acceptors (Lipinski definition) is 1. The molecule has 0 saturated carbocycles. The van der Waals surface area contributed by atoms with Crippen molar-refractivity contribution in [3.8, 4) is 0 Å². The summed E-state index contributed by atoms with van der Waals surface area (Å²) in [5.74, 6) is 0. The Morgan fingerprint density at radius 3 is 2.27 bits per heavy atom. The molecule has 1 aliphatic rings. The zero-order valence-corrected chi connectivity index (χ0v) is 9.69. The van der Waals surface area contributed by atoms with Crippen LogP contribution in [0, 0.1) is 5.41 Å². The molecule has 0 amide bonds. The molecule has 0 radical (unpaired) electrons. The second-order valence-corrected chi connectivity index (χ2v) is 5.43. The van der Waals surface area contributed by atoms with Crippen molar-refractivity contribution in [2.45, 2.75) is 52.3 Å². The molecule has 1 rings (SSSR count). The fourth-order valence-electron chi connectivity index (χ4n) is 2.34. The van der Waals surface area contributed by atoms with Crippen LogP contribution in [-0.2, 0) is 0 Å². The lowest BCUT2D eigenvalue weighted by Gasteiger charge is -2.35. The van der Waals surface area contributed by atoms with Gasteiger partial charge in [0.05, 0.1) is 6.42 Å². The Morgan fingerprint density at radius 2 is 1.80 bits per heavy atom. The van der Waals surface area contributed by atoms with Gasteiger partial charge in [-0.15, -0.1) is 0 Å². The van der Waals surface area contributed by atoms with Crippen LogP contribution in [0.1, 0.15) is 40.0 Å². The molecular weight excluding hydrogens is 203 g/mol. The highest BCUT2D eigenvalue weighted by Crippen LogP contribution is 2.33. The Kier molecular flexibility index (Phi) is 3.69. The monoisotopic (exact) mass is 223 g/mol. The van der Waals surface area contributed by atoms with Crippen molar-refractivity contribution >= 4 is 0 Å². The van der Waals surface area contributed by atoms with Crippen LogP contribution in [0.4, 0.5) is 13.2 Å². The van der Waals surface area contributed by atoms with Gasteiger partial charge in [0.15, 0.2) is 0 Å². The topological polar surface area (TPSA) is 3.24 Å². The molecule has 1 atom stereocenters.